The van der Waals surface area contributed by atoms with Gasteiger partial charge in [-0.25, -0.2) is 9.97 Å². The van der Waals surface area contributed by atoms with Gasteiger partial charge in [-0.05, 0) is 32.3 Å². The normalized spacial score (nSPS) is 17.0. The summed E-state index contributed by atoms with van der Waals surface area (Å²) in [5.74, 6) is 1.86. The molecular weight excluding hydrogens is 420 g/mol. The molecule has 2 aromatic heterocycles. The molecule has 4 heterocycles. The standard InChI is InChI=1S/C24H28N6OS/c1-18-21(32-22(26-18)19-8-4-2-5-9-19)23(31)29-16-14-28(15-17-29)20-10-11-25-24(27-20)30-12-6-3-7-13-30/h2,4-5,8-11H,3,6-7,12-17H2,1H3. The predicted molar refractivity (Wildman–Crippen MR) is 128 cm³/mol. The van der Waals surface area contributed by atoms with E-state index < -0.39 is 0 Å². The number of anilines is 2. The molecule has 3 aromatic rings. The van der Waals surface area contributed by atoms with Crippen LogP contribution in [-0.2, 0) is 0 Å². The molecule has 2 aliphatic rings. The Morgan fingerprint density at radius 3 is 2.38 bits per heavy atom. The maximum Gasteiger partial charge on any atom is 0.265 e. The van der Waals surface area contributed by atoms with E-state index >= 15 is 0 Å². The minimum Gasteiger partial charge on any atom is -0.353 e. The molecule has 32 heavy (non-hydrogen) atoms. The summed E-state index contributed by atoms with van der Waals surface area (Å²) in [5, 5.41) is 0.899. The molecule has 2 fully saturated rings. The van der Waals surface area contributed by atoms with Gasteiger partial charge in [0.15, 0.2) is 0 Å². The van der Waals surface area contributed by atoms with E-state index in [-0.39, 0.29) is 5.91 Å². The molecule has 1 aromatic carbocycles. The van der Waals surface area contributed by atoms with Gasteiger partial charge in [0.25, 0.3) is 5.91 Å². The highest BCUT2D eigenvalue weighted by Gasteiger charge is 2.26. The maximum absolute atomic E-state index is 13.2. The molecule has 0 atom stereocenters. The number of nitrogens with zero attached hydrogens (tertiary/aromatic N) is 6. The van der Waals surface area contributed by atoms with Crippen LogP contribution in [0.5, 0.6) is 0 Å². The number of thiazole rings is 1. The van der Waals surface area contributed by atoms with Crippen molar-refractivity contribution in [3.05, 3.63) is 53.2 Å². The second-order valence-corrected chi connectivity index (χ2v) is 9.34. The number of hydrogen-bond donors (Lipinski definition) is 0. The number of benzene rings is 1. The van der Waals surface area contributed by atoms with Crippen molar-refractivity contribution in [1.29, 1.82) is 0 Å². The number of aryl methyl sites for hydroxylation is 1. The molecule has 0 unspecified atom stereocenters. The van der Waals surface area contributed by atoms with Crippen LogP contribution in [0.25, 0.3) is 10.6 Å². The van der Waals surface area contributed by atoms with Crippen LogP contribution in [-0.4, -0.2) is 65.0 Å². The topological polar surface area (TPSA) is 65.5 Å². The molecular formula is C24H28N6OS. The lowest BCUT2D eigenvalue weighted by molar-refractivity contribution is 0.0750. The van der Waals surface area contributed by atoms with Gasteiger partial charge in [0.05, 0.1) is 5.69 Å². The number of piperazine rings is 1. The number of hydrogen-bond acceptors (Lipinski definition) is 7. The molecule has 0 N–H and O–H groups in total. The van der Waals surface area contributed by atoms with Crippen molar-refractivity contribution < 1.29 is 4.79 Å². The first kappa shape index (κ1) is 20.9. The van der Waals surface area contributed by atoms with Crippen molar-refractivity contribution in [3.8, 4) is 10.6 Å². The molecule has 166 valence electrons. The van der Waals surface area contributed by atoms with Crippen LogP contribution in [0, 0.1) is 6.92 Å². The number of aromatic nitrogens is 3. The van der Waals surface area contributed by atoms with Crippen molar-refractivity contribution in [2.45, 2.75) is 26.2 Å². The lowest BCUT2D eigenvalue weighted by Gasteiger charge is -2.35. The van der Waals surface area contributed by atoms with Gasteiger partial charge in [0, 0.05) is 51.0 Å². The first-order valence-electron chi connectivity index (χ1n) is 11.3. The highest BCUT2D eigenvalue weighted by Crippen LogP contribution is 2.29. The van der Waals surface area contributed by atoms with Crippen molar-refractivity contribution >= 4 is 29.0 Å². The molecule has 0 aliphatic carbocycles. The summed E-state index contributed by atoms with van der Waals surface area (Å²) >= 11 is 1.49. The summed E-state index contributed by atoms with van der Waals surface area (Å²) in [6.07, 6.45) is 5.56. The molecule has 8 heteroatoms. The molecule has 0 radical (unpaired) electrons. The second-order valence-electron chi connectivity index (χ2n) is 8.34. The zero-order chi connectivity index (χ0) is 21.9. The lowest BCUT2D eigenvalue weighted by Crippen LogP contribution is -2.49. The van der Waals surface area contributed by atoms with Gasteiger partial charge in [0.2, 0.25) is 5.95 Å². The number of carbonyl (C=O) groups excluding carboxylic acids is 1. The van der Waals surface area contributed by atoms with E-state index in [0.717, 1.165) is 59.1 Å². The largest absolute Gasteiger partial charge is 0.353 e. The van der Waals surface area contributed by atoms with Gasteiger partial charge in [-0.2, -0.15) is 4.98 Å². The second kappa shape index (κ2) is 9.24. The van der Waals surface area contributed by atoms with E-state index in [0.29, 0.717) is 13.1 Å². The average Bonchev–Trinajstić information content (AvgIpc) is 3.26. The van der Waals surface area contributed by atoms with Crippen LogP contribution < -0.4 is 9.80 Å². The van der Waals surface area contributed by atoms with Gasteiger partial charge in [-0.3, -0.25) is 4.79 Å². The molecule has 5 rings (SSSR count). The Balaban J connectivity index is 1.24. The Morgan fingerprint density at radius 2 is 1.62 bits per heavy atom. The Kier molecular flexibility index (Phi) is 6.03. The number of rotatable bonds is 4. The third kappa shape index (κ3) is 4.32. The number of piperidine rings is 1. The quantitative estimate of drug-likeness (QED) is 0.604. The van der Waals surface area contributed by atoms with Crippen molar-refractivity contribution in [2.75, 3.05) is 49.1 Å². The third-order valence-corrected chi connectivity index (χ3v) is 7.36. The van der Waals surface area contributed by atoms with E-state index in [4.69, 9.17) is 4.98 Å². The van der Waals surface area contributed by atoms with Crippen molar-refractivity contribution in [3.63, 3.8) is 0 Å². The summed E-state index contributed by atoms with van der Waals surface area (Å²) in [6.45, 7) is 6.89. The summed E-state index contributed by atoms with van der Waals surface area (Å²) < 4.78 is 0. The molecule has 0 bridgehead atoms. The fraction of sp³-hybridized carbons (Fsp3) is 0.417. The number of amides is 1. The summed E-state index contributed by atoms with van der Waals surface area (Å²) in [5.41, 5.74) is 1.86. The van der Waals surface area contributed by atoms with Gasteiger partial charge in [-0.1, -0.05) is 30.3 Å². The molecule has 2 saturated heterocycles. The first-order valence-corrected chi connectivity index (χ1v) is 12.2. The van der Waals surface area contributed by atoms with Crippen LogP contribution in [0.4, 0.5) is 11.8 Å². The van der Waals surface area contributed by atoms with Gasteiger partial charge in [0.1, 0.15) is 15.7 Å². The van der Waals surface area contributed by atoms with E-state index in [1.165, 1.54) is 30.6 Å². The zero-order valence-electron chi connectivity index (χ0n) is 18.4. The van der Waals surface area contributed by atoms with Crippen molar-refractivity contribution in [1.82, 2.24) is 19.9 Å². The van der Waals surface area contributed by atoms with Crippen LogP contribution in [0.2, 0.25) is 0 Å². The van der Waals surface area contributed by atoms with E-state index in [2.05, 4.69) is 19.8 Å². The maximum atomic E-state index is 13.2. The summed E-state index contributed by atoms with van der Waals surface area (Å²) in [4.78, 5) is 34.4. The first-order chi connectivity index (χ1) is 15.7. The molecule has 2 aliphatic heterocycles. The van der Waals surface area contributed by atoms with Crippen LogP contribution in [0.3, 0.4) is 0 Å². The van der Waals surface area contributed by atoms with Gasteiger partial charge >= 0.3 is 0 Å². The van der Waals surface area contributed by atoms with Crippen LogP contribution in [0.15, 0.2) is 42.6 Å². The van der Waals surface area contributed by atoms with E-state index in [1.54, 1.807) is 0 Å². The van der Waals surface area contributed by atoms with E-state index in [1.807, 2.05) is 54.4 Å². The minimum absolute atomic E-state index is 0.0820. The molecule has 1 amide bonds. The van der Waals surface area contributed by atoms with E-state index in [9.17, 15) is 4.79 Å². The smallest absolute Gasteiger partial charge is 0.265 e. The molecule has 0 spiro atoms. The van der Waals surface area contributed by atoms with Gasteiger partial charge in [-0.15, -0.1) is 11.3 Å². The highest BCUT2D eigenvalue weighted by molar-refractivity contribution is 7.17. The predicted octanol–water partition coefficient (Wildman–Crippen LogP) is 3.86. The summed E-state index contributed by atoms with van der Waals surface area (Å²) in [6, 6.07) is 12.0. The SMILES string of the molecule is Cc1nc(-c2ccccc2)sc1C(=O)N1CCN(c2ccnc(N3CCCCC3)n2)CC1. The fourth-order valence-corrected chi connectivity index (χ4v) is 5.38. The lowest BCUT2D eigenvalue weighted by atomic mass is 10.1. The minimum atomic E-state index is 0.0820. The average molecular weight is 449 g/mol. The Labute approximate surface area is 192 Å². The Morgan fingerprint density at radius 1 is 0.875 bits per heavy atom. The van der Waals surface area contributed by atoms with Crippen LogP contribution >= 0.6 is 11.3 Å². The monoisotopic (exact) mass is 448 g/mol. The molecule has 0 saturated carbocycles. The summed E-state index contributed by atoms with van der Waals surface area (Å²) in [7, 11) is 0. The Hall–Kier alpha value is -3.00. The highest BCUT2D eigenvalue weighted by atomic mass is 32.1. The molecule has 7 nitrogen and oxygen atoms in total. The van der Waals surface area contributed by atoms with Crippen LogP contribution in [0.1, 0.15) is 34.6 Å². The fourth-order valence-electron chi connectivity index (χ4n) is 4.34. The van der Waals surface area contributed by atoms with Gasteiger partial charge < -0.3 is 14.7 Å². The van der Waals surface area contributed by atoms with Crippen molar-refractivity contribution in [2.24, 2.45) is 0 Å². The zero-order valence-corrected chi connectivity index (χ0v) is 19.2. The Bertz CT molecular complexity index is 1070. The number of carbonyl (C=O) groups is 1. The third-order valence-electron chi connectivity index (χ3n) is 6.17.